The number of carbonyl (C=O) groups excluding carboxylic acids is 2. The van der Waals surface area contributed by atoms with E-state index in [4.69, 9.17) is 23.4 Å². The van der Waals surface area contributed by atoms with Crippen molar-refractivity contribution in [3.05, 3.63) is 63.8 Å². The van der Waals surface area contributed by atoms with E-state index in [1.807, 2.05) is 18.2 Å². The number of hydrogen-bond donors (Lipinski definition) is 0. The van der Waals surface area contributed by atoms with Crippen molar-refractivity contribution >= 4 is 38.8 Å². The zero-order chi connectivity index (χ0) is 22.4. The Morgan fingerprint density at radius 1 is 1.10 bits per heavy atom. The molecule has 1 aromatic heterocycles. The normalized spacial score (nSPS) is 11.9. The summed E-state index contributed by atoms with van der Waals surface area (Å²) in [4.78, 5) is 25.2. The van der Waals surface area contributed by atoms with Gasteiger partial charge in [-0.1, -0.05) is 30.3 Å². The maximum Gasteiger partial charge on any atom is 0.352 e. The molecule has 0 aliphatic rings. The highest BCUT2D eigenvalue weighted by Crippen LogP contribution is 2.37. The molecule has 0 saturated carbocycles. The van der Waals surface area contributed by atoms with E-state index in [0.29, 0.717) is 44.7 Å². The summed E-state index contributed by atoms with van der Waals surface area (Å²) < 4.78 is 27.7. The summed E-state index contributed by atoms with van der Waals surface area (Å²) >= 11 is 3.46. The average Bonchev–Trinajstić information content (AvgIpc) is 3.07. The van der Waals surface area contributed by atoms with Crippen LogP contribution in [0.2, 0.25) is 0 Å². The van der Waals surface area contributed by atoms with E-state index in [1.54, 1.807) is 38.1 Å². The first-order chi connectivity index (χ1) is 15.0. The number of furan rings is 1. The van der Waals surface area contributed by atoms with E-state index in [1.165, 1.54) is 7.11 Å². The minimum Gasteiger partial charge on any atom is -0.473 e. The molecule has 0 saturated heterocycles. The average molecular weight is 491 g/mol. The van der Waals surface area contributed by atoms with E-state index in [2.05, 4.69) is 15.9 Å². The summed E-state index contributed by atoms with van der Waals surface area (Å²) in [7, 11) is 1.53. The summed E-state index contributed by atoms with van der Waals surface area (Å²) in [6.07, 6.45) is -0.972. The van der Waals surface area contributed by atoms with Crippen LogP contribution in [-0.2, 0) is 19.0 Å². The molecule has 2 aromatic carbocycles. The molecule has 0 fully saturated rings. The number of rotatable bonds is 9. The fraction of sp³-hybridized carbons (Fsp3) is 0.304. The van der Waals surface area contributed by atoms with Gasteiger partial charge in [0.25, 0.3) is 0 Å². The molecule has 1 unspecified atom stereocenters. The smallest absolute Gasteiger partial charge is 0.352 e. The van der Waals surface area contributed by atoms with Crippen LogP contribution in [0.4, 0.5) is 0 Å². The first kappa shape index (κ1) is 22.8. The Bertz CT molecular complexity index is 1060. The molecule has 3 rings (SSSR count). The van der Waals surface area contributed by atoms with Gasteiger partial charge in [0.1, 0.15) is 29.3 Å². The molecule has 0 radical (unpaired) electrons. The molecule has 1 heterocycles. The number of carbonyl (C=O) groups is 2. The van der Waals surface area contributed by atoms with Gasteiger partial charge in [-0.3, -0.25) is 0 Å². The molecule has 8 heteroatoms. The van der Waals surface area contributed by atoms with Gasteiger partial charge < -0.3 is 23.4 Å². The standard InChI is InChI=1S/C23H23BrO7/c1-4-28-23(26)21(15-8-6-5-7-9-15)31-19-12-16-18(13-17(19)24)30-14(2)20(16)22(25)29-11-10-27-3/h5-9,12-13,21H,4,10-11H2,1-3H3. The third kappa shape index (κ3) is 5.26. The van der Waals surface area contributed by atoms with Crippen molar-refractivity contribution in [2.45, 2.75) is 20.0 Å². The first-order valence-corrected chi connectivity index (χ1v) is 10.5. The molecular formula is C23H23BrO7. The zero-order valence-corrected chi connectivity index (χ0v) is 19.1. The molecule has 0 aliphatic carbocycles. The lowest BCUT2D eigenvalue weighted by Crippen LogP contribution is -2.21. The summed E-state index contributed by atoms with van der Waals surface area (Å²) in [6.45, 7) is 4.06. The van der Waals surface area contributed by atoms with Crippen LogP contribution in [0, 0.1) is 6.92 Å². The van der Waals surface area contributed by atoms with Crippen molar-refractivity contribution in [1.82, 2.24) is 0 Å². The van der Waals surface area contributed by atoms with Crippen molar-refractivity contribution in [3.8, 4) is 5.75 Å². The number of halogens is 1. The number of hydrogen-bond acceptors (Lipinski definition) is 7. The lowest BCUT2D eigenvalue weighted by Gasteiger charge is -2.19. The molecule has 0 aliphatic heterocycles. The van der Waals surface area contributed by atoms with Gasteiger partial charge in [0.15, 0.2) is 0 Å². The van der Waals surface area contributed by atoms with E-state index in [-0.39, 0.29) is 13.2 Å². The quantitative estimate of drug-likeness (QED) is 0.308. The van der Waals surface area contributed by atoms with Crippen molar-refractivity contribution in [3.63, 3.8) is 0 Å². The van der Waals surface area contributed by atoms with E-state index >= 15 is 0 Å². The predicted octanol–water partition coefficient (Wildman–Crippen LogP) is 4.99. The number of ether oxygens (including phenoxy) is 4. The second kappa shape index (κ2) is 10.5. The second-order valence-electron chi connectivity index (χ2n) is 6.60. The van der Waals surface area contributed by atoms with E-state index in [0.717, 1.165) is 0 Å². The van der Waals surface area contributed by atoms with Crippen molar-refractivity contribution < 1.29 is 33.0 Å². The van der Waals surface area contributed by atoms with Crippen LogP contribution in [0.15, 0.2) is 51.4 Å². The topological polar surface area (TPSA) is 84.2 Å². The van der Waals surface area contributed by atoms with Gasteiger partial charge in [0.2, 0.25) is 6.10 Å². The highest BCUT2D eigenvalue weighted by Gasteiger charge is 2.27. The summed E-state index contributed by atoms with van der Waals surface area (Å²) in [6, 6.07) is 12.4. The number of benzene rings is 2. The van der Waals surface area contributed by atoms with Crippen LogP contribution in [0.5, 0.6) is 5.75 Å². The Hall–Kier alpha value is -2.84. The molecule has 7 nitrogen and oxygen atoms in total. The zero-order valence-electron chi connectivity index (χ0n) is 17.5. The minimum absolute atomic E-state index is 0.125. The van der Waals surface area contributed by atoms with Crippen LogP contribution in [0.1, 0.15) is 34.7 Å². The van der Waals surface area contributed by atoms with Crippen LogP contribution >= 0.6 is 15.9 Å². The predicted molar refractivity (Wildman–Crippen MR) is 117 cm³/mol. The lowest BCUT2D eigenvalue weighted by atomic mass is 10.1. The largest absolute Gasteiger partial charge is 0.473 e. The van der Waals surface area contributed by atoms with Crippen molar-refractivity contribution in [1.29, 1.82) is 0 Å². The van der Waals surface area contributed by atoms with Crippen molar-refractivity contribution in [2.75, 3.05) is 26.9 Å². The number of methoxy groups -OCH3 is 1. The highest BCUT2D eigenvalue weighted by molar-refractivity contribution is 9.10. The van der Waals surface area contributed by atoms with Crippen LogP contribution in [-0.4, -0.2) is 38.9 Å². The number of fused-ring (bicyclic) bond motifs is 1. The molecule has 1 atom stereocenters. The van der Waals surface area contributed by atoms with Crippen LogP contribution in [0.3, 0.4) is 0 Å². The SMILES string of the molecule is CCOC(=O)C(Oc1cc2c(C(=O)OCCOC)c(C)oc2cc1Br)c1ccccc1. The minimum atomic E-state index is -0.972. The highest BCUT2D eigenvalue weighted by atomic mass is 79.9. The van der Waals surface area contributed by atoms with Crippen molar-refractivity contribution in [2.24, 2.45) is 0 Å². The van der Waals surface area contributed by atoms with E-state index < -0.39 is 18.0 Å². The lowest BCUT2D eigenvalue weighted by molar-refractivity contribution is -0.151. The Morgan fingerprint density at radius 3 is 2.52 bits per heavy atom. The molecule has 0 bridgehead atoms. The summed E-state index contributed by atoms with van der Waals surface area (Å²) in [5, 5.41) is 0.522. The van der Waals surface area contributed by atoms with Crippen LogP contribution < -0.4 is 4.74 Å². The number of aryl methyl sites for hydroxylation is 1. The third-order valence-electron chi connectivity index (χ3n) is 4.49. The fourth-order valence-electron chi connectivity index (χ4n) is 3.08. The van der Waals surface area contributed by atoms with Gasteiger partial charge in [0, 0.05) is 18.1 Å². The number of esters is 2. The van der Waals surface area contributed by atoms with Gasteiger partial charge >= 0.3 is 11.9 Å². The molecular weight excluding hydrogens is 468 g/mol. The van der Waals surface area contributed by atoms with Gasteiger partial charge in [-0.05, 0) is 41.9 Å². The Kier molecular flexibility index (Phi) is 7.70. The third-order valence-corrected chi connectivity index (χ3v) is 5.11. The molecule has 0 amide bonds. The first-order valence-electron chi connectivity index (χ1n) is 9.73. The molecule has 0 N–H and O–H groups in total. The molecule has 0 spiro atoms. The fourth-order valence-corrected chi connectivity index (χ4v) is 3.50. The molecule has 3 aromatic rings. The summed E-state index contributed by atoms with van der Waals surface area (Å²) in [5.74, 6) is -0.248. The van der Waals surface area contributed by atoms with Gasteiger partial charge in [-0.15, -0.1) is 0 Å². The Labute approximate surface area is 188 Å². The molecule has 31 heavy (non-hydrogen) atoms. The van der Waals surface area contributed by atoms with Gasteiger partial charge in [-0.2, -0.15) is 0 Å². The maximum atomic E-state index is 12.6. The van der Waals surface area contributed by atoms with E-state index in [9.17, 15) is 9.59 Å². The van der Waals surface area contributed by atoms with Gasteiger partial charge in [0.05, 0.1) is 17.7 Å². The summed E-state index contributed by atoms with van der Waals surface area (Å²) in [5.41, 5.74) is 1.44. The monoisotopic (exact) mass is 490 g/mol. The molecule has 164 valence electrons. The second-order valence-corrected chi connectivity index (χ2v) is 7.46. The Morgan fingerprint density at radius 2 is 1.84 bits per heavy atom. The van der Waals surface area contributed by atoms with Gasteiger partial charge in [-0.25, -0.2) is 9.59 Å². The maximum absolute atomic E-state index is 12.6. The Balaban J connectivity index is 1.99. The van der Waals surface area contributed by atoms with Crippen LogP contribution in [0.25, 0.3) is 11.0 Å².